The molecule has 0 aromatic heterocycles. The van der Waals surface area contributed by atoms with Gasteiger partial charge in [-0.15, -0.1) is 0 Å². The first-order valence-electron chi connectivity index (χ1n) is 6.39. The van der Waals surface area contributed by atoms with Gasteiger partial charge in [-0.05, 0) is 36.2 Å². The summed E-state index contributed by atoms with van der Waals surface area (Å²) in [7, 11) is 0. The van der Waals surface area contributed by atoms with Gasteiger partial charge in [0.25, 0.3) is 5.69 Å². The molecule has 2 aromatic rings. The van der Waals surface area contributed by atoms with Crippen molar-refractivity contribution in [3.8, 4) is 0 Å². The van der Waals surface area contributed by atoms with Crippen LogP contribution in [0, 0.1) is 15.9 Å². The molecule has 1 atom stereocenters. The van der Waals surface area contributed by atoms with Gasteiger partial charge in [0.15, 0.2) is 0 Å². The number of nitro groups is 1. The lowest BCUT2D eigenvalue weighted by Crippen LogP contribution is -2.18. The molecule has 0 heterocycles. The van der Waals surface area contributed by atoms with Crippen LogP contribution in [0.4, 0.5) is 10.1 Å². The molecule has 110 valence electrons. The Labute approximate surface area is 126 Å². The highest BCUT2D eigenvalue weighted by molar-refractivity contribution is 6.32. The number of nitrogens with one attached hydrogen (secondary N) is 1. The summed E-state index contributed by atoms with van der Waals surface area (Å²) in [6.07, 6.45) is 0. The van der Waals surface area contributed by atoms with E-state index in [1.54, 1.807) is 18.2 Å². The Bertz CT molecular complexity index is 647. The topological polar surface area (TPSA) is 55.2 Å². The predicted octanol–water partition coefficient (Wildman–Crippen LogP) is 4.24. The van der Waals surface area contributed by atoms with Crippen molar-refractivity contribution in [2.75, 3.05) is 0 Å². The minimum atomic E-state index is -0.505. The Hall–Kier alpha value is -1.98. The number of benzene rings is 2. The average Bonchev–Trinajstić information content (AvgIpc) is 2.46. The normalized spacial score (nSPS) is 12.1. The molecule has 0 aliphatic rings. The van der Waals surface area contributed by atoms with Gasteiger partial charge in [0.2, 0.25) is 0 Å². The van der Waals surface area contributed by atoms with Crippen LogP contribution in [0.15, 0.2) is 42.5 Å². The molecule has 6 heteroatoms. The van der Waals surface area contributed by atoms with Gasteiger partial charge in [-0.2, -0.15) is 0 Å². The Morgan fingerprint density at radius 2 is 1.95 bits per heavy atom. The van der Waals surface area contributed by atoms with Gasteiger partial charge in [0.05, 0.1) is 4.92 Å². The molecule has 2 aromatic carbocycles. The molecule has 0 amide bonds. The lowest BCUT2D eigenvalue weighted by atomic mass is 10.1. The van der Waals surface area contributed by atoms with E-state index in [9.17, 15) is 14.5 Å². The second-order valence-corrected chi connectivity index (χ2v) is 5.10. The summed E-state index contributed by atoms with van der Waals surface area (Å²) >= 11 is 5.77. The zero-order chi connectivity index (χ0) is 15.4. The van der Waals surface area contributed by atoms with Crippen molar-refractivity contribution in [2.24, 2.45) is 0 Å². The summed E-state index contributed by atoms with van der Waals surface area (Å²) in [4.78, 5) is 10.3. The Morgan fingerprint density at radius 3 is 2.57 bits per heavy atom. The number of hydrogen-bond acceptors (Lipinski definition) is 3. The lowest BCUT2D eigenvalue weighted by Gasteiger charge is -2.14. The summed E-state index contributed by atoms with van der Waals surface area (Å²) < 4.78 is 12.9. The van der Waals surface area contributed by atoms with Gasteiger partial charge >= 0.3 is 0 Å². The third-order valence-electron chi connectivity index (χ3n) is 3.19. The molecule has 0 fully saturated rings. The van der Waals surface area contributed by atoms with Crippen LogP contribution in [0.5, 0.6) is 0 Å². The van der Waals surface area contributed by atoms with Crippen LogP contribution in [0.3, 0.4) is 0 Å². The smallest absolute Gasteiger partial charge is 0.288 e. The maximum atomic E-state index is 12.9. The first kappa shape index (κ1) is 15.4. The number of rotatable bonds is 5. The van der Waals surface area contributed by atoms with E-state index in [0.717, 1.165) is 11.1 Å². The van der Waals surface area contributed by atoms with Crippen LogP contribution < -0.4 is 5.32 Å². The van der Waals surface area contributed by atoms with Crippen molar-refractivity contribution < 1.29 is 9.31 Å². The van der Waals surface area contributed by atoms with Gasteiger partial charge in [-0.1, -0.05) is 29.8 Å². The Morgan fingerprint density at radius 1 is 1.29 bits per heavy atom. The molecular weight excluding hydrogens is 295 g/mol. The molecule has 21 heavy (non-hydrogen) atoms. The minimum Gasteiger partial charge on any atom is -0.306 e. The molecule has 0 saturated heterocycles. The van der Waals surface area contributed by atoms with Crippen LogP contribution in [-0.4, -0.2) is 4.92 Å². The van der Waals surface area contributed by atoms with E-state index in [0.29, 0.717) is 6.54 Å². The minimum absolute atomic E-state index is 0.000309. The largest absolute Gasteiger partial charge is 0.306 e. The Balaban J connectivity index is 2.04. The SMILES string of the molecule is C[C@H](NCc1ccc(Cl)c([N+](=O)[O-])c1)c1ccc(F)cc1. The first-order valence-corrected chi connectivity index (χ1v) is 6.77. The monoisotopic (exact) mass is 308 g/mol. The lowest BCUT2D eigenvalue weighted by molar-refractivity contribution is -0.384. The standard InChI is InChI=1S/C15H14ClFN2O2/c1-10(12-3-5-13(17)6-4-12)18-9-11-2-7-14(16)15(8-11)19(20)21/h2-8,10,18H,9H2,1H3/t10-/m0/s1. The van der Waals surface area contributed by atoms with E-state index in [4.69, 9.17) is 11.6 Å². The van der Waals surface area contributed by atoms with Crippen molar-refractivity contribution in [2.45, 2.75) is 19.5 Å². The van der Waals surface area contributed by atoms with E-state index in [1.807, 2.05) is 6.92 Å². The molecular formula is C15H14ClFN2O2. The molecule has 2 rings (SSSR count). The molecule has 0 aliphatic carbocycles. The molecule has 1 N–H and O–H groups in total. The zero-order valence-corrected chi connectivity index (χ0v) is 12.1. The van der Waals surface area contributed by atoms with E-state index in [1.165, 1.54) is 24.3 Å². The maximum absolute atomic E-state index is 12.9. The van der Waals surface area contributed by atoms with E-state index in [-0.39, 0.29) is 22.6 Å². The predicted molar refractivity (Wildman–Crippen MR) is 79.8 cm³/mol. The summed E-state index contributed by atoms with van der Waals surface area (Å²) in [5.74, 6) is -0.278. The quantitative estimate of drug-likeness (QED) is 0.664. The van der Waals surface area contributed by atoms with Gasteiger partial charge in [-0.3, -0.25) is 10.1 Å². The van der Waals surface area contributed by atoms with Gasteiger partial charge in [0, 0.05) is 18.7 Å². The summed E-state index contributed by atoms with van der Waals surface area (Å²) in [6, 6.07) is 10.9. The highest BCUT2D eigenvalue weighted by Gasteiger charge is 2.13. The van der Waals surface area contributed by atoms with Crippen LogP contribution >= 0.6 is 11.6 Å². The van der Waals surface area contributed by atoms with Gasteiger partial charge in [0.1, 0.15) is 10.8 Å². The molecule has 4 nitrogen and oxygen atoms in total. The van der Waals surface area contributed by atoms with E-state index in [2.05, 4.69) is 5.32 Å². The fraction of sp³-hybridized carbons (Fsp3) is 0.200. The fourth-order valence-corrected chi connectivity index (χ4v) is 2.13. The summed E-state index contributed by atoms with van der Waals surface area (Å²) in [5.41, 5.74) is 1.60. The second kappa shape index (κ2) is 6.65. The van der Waals surface area contributed by atoms with Crippen LogP contribution in [0.1, 0.15) is 24.1 Å². The van der Waals surface area contributed by atoms with Crippen molar-refractivity contribution in [1.29, 1.82) is 0 Å². The molecule has 0 aliphatic heterocycles. The van der Waals surface area contributed by atoms with Crippen molar-refractivity contribution >= 4 is 17.3 Å². The van der Waals surface area contributed by atoms with Crippen molar-refractivity contribution in [3.05, 3.63) is 74.5 Å². The van der Waals surface area contributed by atoms with Crippen LogP contribution in [0.2, 0.25) is 5.02 Å². The van der Waals surface area contributed by atoms with Crippen molar-refractivity contribution in [1.82, 2.24) is 5.32 Å². The molecule has 0 radical (unpaired) electrons. The number of hydrogen-bond donors (Lipinski definition) is 1. The fourth-order valence-electron chi connectivity index (χ4n) is 1.95. The van der Waals surface area contributed by atoms with Gasteiger partial charge in [-0.25, -0.2) is 4.39 Å². The van der Waals surface area contributed by atoms with Crippen LogP contribution in [0.25, 0.3) is 0 Å². The molecule has 0 spiro atoms. The highest BCUT2D eigenvalue weighted by Crippen LogP contribution is 2.25. The molecule has 0 bridgehead atoms. The molecule has 0 saturated carbocycles. The third-order valence-corrected chi connectivity index (χ3v) is 3.51. The number of nitrogens with zero attached hydrogens (tertiary/aromatic N) is 1. The van der Waals surface area contributed by atoms with E-state index >= 15 is 0 Å². The maximum Gasteiger partial charge on any atom is 0.288 e. The number of nitro benzene ring substituents is 1. The zero-order valence-electron chi connectivity index (χ0n) is 11.3. The average molecular weight is 309 g/mol. The van der Waals surface area contributed by atoms with Crippen LogP contribution in [-0.2, 0) is 6.54 Å². The Kier molecular flexibility index (Phi) is 4.88. The van der Waals surface area contributed by atoms with Gasteiger partial charge < -0.3 is 5.32 Å². The number of halogens is 2. The van der Waals surface area contributed by atoms with E-state index < -0.39 is 4.92 Å². The summed E-state index contributed by atoms with van der Waals surface area (Å²) in [5, 5.41) is 14.2. The van der Waals surface area contributed by atoms with Crippen molar-refractivity contribution in [3.63, 3.8) is 0 Å². The highest BCUT2D eigenvalue weighted by atomic mass is 35.5. The molecule has 0 unspecified atom stereocenters. The third kappa shape index (κ3) is 4.00. The first-order chi connectivity index (χ1) is 9.97. The summed E-state index contributed by atoms with van der Waals surface area (Å²) in [6.45, 7) is 2.40. The second-order valence-electron chi connectivity index (χ2n) is 4.70.